The van der Waals surface area contributed by atoms with Crippen molar-refractivity contribution in [2.45, 2.75) is 19.5 Å². The molecule has 11 heteroatoms. The van der Waals surface area contributed by atoms with Crippen molar-refractivity contribution in [3.63, 3.8) is 0 Å². The van der Waals surface area contributed by atoms with Gasteiger partial charge < -0.3 is 29.0 Å². The lowest BCUT2D eigenvalue weighted by atomic mass is 10.1. The Morgan fingerprint density at radius 1 is 0.975 bits per heavy atom. The van der Waals surface area contributed by atoms with Gasteiger partial charge in [0.1, 0.15) is 24.1 Å². The Balaban J connectivity index is 1.44. The number of aliphatic carboxylic acids is 1. The van der Waals surface area contributed by atoms with Crippen molar-refractivity contribution in [2.24, 2.45) is 0 Å². The summed E-state index contributed by atoms with van der Waals surface area (Å²) in [5.74, 6) is 0.709. The van der Waals surface area contributed by atoms with E-state index in [9.17, 15) is 14.7 Å². The molecule has 0 aliphatic rings. The Morgan fingerprint density at radius 3 is 2.38 bits per heavy atom. The third-order valence-corrected chi connectivity index (χ3v) is 7.35. The van der Waals surface area contributed by atoms with E-state index >= 15 is 0 Å². The third-order valence-electron chi connectivity index (χ3n) is 6.20. The van der Waals surface area contributed by atoms with E-state index in [1.807, 2.05) is 36.2 Å². The molecule has 1 heterocycles. The molecule has 0 bridgehead atoms. The van der Waals surface area contributed by atoms with Gasteiger partial charge in [0, 0.05) is 7.05 Å². The number of nitrogens with zero attached hydrogens (tertiary/aromatic N) is 3. The van der Waals surface area contributed by atoms with Crippen LogP contribution in [-0.2, 0) is 11.3 Å². The number of hydrogen-bond acceptors (Lipinski definition) is 9. The molecule has 0 saturated heterocycles. The Bertz CT molecular complexity index is 1420. The zero-order valence-corrected chi connectivity index (χ0v) is 23.5. The van der Waals surface area contributed by atoms with Gasteiger partial charge in [-0.25, -0.2) is 14.6 Å². The molecule has 1 aromatic heterocycles. The van der Waals surface area contributed by atoms with Crippen molar-refractivity contribution >= 4 is 38.7 Å². The zero-order chi connectivity index (χ0) is 28.6. The number of ether oxygens (including phenoxy) is 4. The number of anilines is 1. The van der Waals surface area contributed by atoms with Crippen molar-refractivity contribution in [2.75, 3.05) is 39.3 Å². The molecule has 210 valence electrons. The lowest BCUT2D eigenvalue weighted by molar-refractivity contribution is -0.142. The van der Waals surface area contributed by atoms with Crippen LogP contribution in [0.3, 0.4) is 0 Å². The van der Waals surface area contributed by atoms with Crippen molar-refractivity contribution in [3.05, 3.63) is 72.3 Å². The quantitative estimate of drug-likeness (QED) is 0.245. The first kappa shape index (κ1) is 28.5. The highest BCUT2D eigenvalue weighted by Crippen LogP contribution is 2.30. The summed E-state index contributed by atoms with van der Waals surface area (Å²) in [5.41, 5.74) is 1.60. The SMILES string of the molecule is COc1ccc(OC(=O)N(Cc2ccc(OC)c(OCCN(C)c3nc4ccccc4s3)c2)[C@@H](C)C(=O)O)cc1. The molecule has 4 rings (SSSR count). The smallest absolute Gasteiger partial charge is 0.416 e. The number of aromatic nitrogens is 1. The highest BCUT2D eigenvalue weighted by atomic mass is 32.1. The van der Waals surface area contributed by atoms with Crippen molar-refractivity contribution in [1.29, 1.82) is 0 Å². The van der Waals surface area contributed by atoms with Crippen molar-refractivity contribution in [3.8, 4) is 23.0 Å². The fourth-order valence-electron chi connectivity index (χ4n) is 3.84. The van der Waals surface area contributed by atoms with E-state index in [1.165, 1.54) is 14.0 Å². The molecule has 0 unspecified atom stereocenters. The molecule has 40 heavy (non-hydrogen) atoms. The topological polar surface area (TPSA) is 111 Å². The third kappa shape index (κ3) is 6.92. The summed E-state index contributed by atoms with van der Waals surface area (Å²) in [6.45, 7) is 2.33. The molecule has 1 atom stereocenters. The largest absolute Gasteiger partial charge is 0.497 e. The summed E-state index contributed by atoms with van der Waals surface area (Å²) in [6, 6.07) is 18.5. The molecule has 3 aromatic carbocycles. The maximum atomic E-state index is 13.0. The maximum Gasteiger partial charge on any atom is 0.416 e. The predicted molar refractivity (Wildman–Crippen MR) is 153 cm³/mol. The van der Waals surface area contributed by atoms with Gasteiger partial charge in [-0.3, -0.25) is 4.90 Å². The molecule has 0 aliphatic carbocycles. The van der Waals surface area contributed by atoms with Gasteiger partial charge in [0.15, 0.2) is 16.6 Å². The Labute approximate surface area is 236 Å². The number of likely N-dealkylation sites (N-methyl/N-ethyl adjacent to an activating group) is 1. The molecule has 4 aromatic rings. The molecule has 0 aliphatic heterocycles. The zero-order valence-electron chi connectivity index (χ0n) is 22.7. The average Bonchev–Trinajstić information content (AvgIpc) is 3.40. The van der Waals surface area contributed by atoms with Gasteiger partial charge in [-0.2, -0.15) is 0 Å². The number of fused-ring (bicyclic) bond motifs is 1. The van der Waals surface area contributed by atoms with Crippen LogP contribution in [-0.4, -0.2) is 67.5 Å². The molecule has 1 N–H and O–H groups in total. The summed E-state index contributed by atoms with van der Waals surface area (Å²) in [7, 11) is 5.03. The minimum absolute atomic E-state index is 0.0194. The Kier molecular flexibility index (Phi) is 9.28. The van der Waals surface area contributed by atoms with Crippen LogP contribution in [0.1, 0.15) is 12.5 Å². The average molecular weight is 566 g/mol. The number of carboxylic acids is 1. The van der Waals surface area contributed by atoms with Gasteiger partial charge in [0.05, 0.1) is 37.5 Å². The number of carbonyl (C=O) groups excluding carboxylic acids is 1. The summed E-state index contributed by atoms with van der Waals surface area (Å²) in [6.07, 6.45) is -0.796. The number of carboxylic acid groups (broad SMARTS) is 1. The number of rotatable bonds is 12. The number of amides is 1. The van der Waals surface area contributed by atoms with Gasteiger partial charge in [-0.05, 0) is 61.0 Å². The molecular weight excluding hydrogens is 534 g/mol. The second-order valence-electron chi connectivity index (χ2n) is 8.91. The van der Waals surface area contributed by atoms with Gasteiger partial charge in [0.2, 0.25) is 0 Å². The van der Waals surface area contributed by atoms with E-state index in [0.717, 1.165) is 20.2 Å². The van der Waals surface area contributed by atoms with Gasteiger partial charge in [-0.1, -0.05) is 29.5 Å². The summed E-state index contributed by atoms with van der Waals surface area (Å²) in [4.78, 5) is 32.6. The molecule has 0 spiro atoms. The Hall–Kier alpha value is -4.51. The van der Waals surface area contributed by atoms with E-state index < -0.39 is 18.1 Å². The second-order valence-corrected chi connectivity index (χ2v) is 9.91. The first-order valence-corrected chi connectivity index (χ1v) is 13.3. The minimum Gasteiger partial charge on any atom is -0.497 e. The monoisotopic (exact) mass is 565 g/mol. The highest BCUT2D eigenvalue weighted by Gasteiger charge is 2.28. The molecule has 10 nitrogen and oxygen atoms in total. The lowest BCUT2D eigenvalue weighted by Gasteiger charge is -2.26. The summed E-state index contributed by atoms with van der Waals surface area (Å²) < 4.78 is 23.2. The van der Waals surface area contributed by atoms with Crippen LogP contribution in [0.25, 0.3) is 10.2 Å². The number of methoxy groups -OCH3 is 2. The molecule has 0 radical (unpaired) electrons. The number of carbonyl (C=O) groups is 2. The van der Waals surface area contributed by atoms with Crippen molar-refractivity contribution < 1.29 is 33.6 Å². The summed E-state index contributed by atoms with van der Waals surface area (Å²) in [5, 5.41) is 10.5. The first-order chi connectivity index (χ1) is 19.3. The van der Waals surface area contributed by atoms with Crippen LogP contribution in [0.2, 0.25) is 0 Å². The van der Waals surface area contributed by atoms with Crippen LogP contribution in [0.5, 0.6) is 23.0 Å². The predicted octanol–water partition coefficient (Wildman–Crippen LogP) is 5.30. The fraction of sp³-hybridized carbons (Fsp3) is 0.276. The standard InChI is InChI=1S/C29H31N3O7S/c1-19(27(33)34)32(29(35)39-22-12-10-21(36-3)11-13-22)18-20-9-14-24(37-4)25(17-20)38-16-15-31(2)28-30-23-7-5-6-8-26(23)40-28/h5-14,17,19H,15-16,18H2,1-4H3,(H,33,34)/t19-/m0/s1. The van der Waals surface area contributed by atoms with Crippen LogP contribution in [0, 0.1) is 0 Å². The lowest BCUT2D eigenvalue weighted by Crippen LogP contribution is -2.44. The fourth-order valence-corrected chi connectivity index (χ4v) is 4.79. The molecule has 0 fully saturated rings. The van der Waals surface area contributed by atoms with E-state index in [1.54, 1.807) is 60.9 Å². The van der Waals surface area contributed by atoms with Gasteiger partial charge in [0.25, 0.3) is 0 Å². The summed E-state index contributed by atoms with van der Waals surface area (Å²) >= 11 is 1.61. The second kappa shape index (κ2) is 13.0. The van der Waals surface area contributed by atoms with E-state index in [4.69, 9.17) is 18.9 Å². The maximum absolute atomic E-state index is 13.0. The number of para-hydroxylation sites is 1. The number of thiazole rings is 1. The van der Waals surface area contributed by atoms with E-state index in [-0.39, 0.29) is 12.3 Å². The highest BCUT2D eigenvalue weighted by molar-refractivity contribution is 7.22. The minimum atomic E-state index is -1.16. The molecule has 0 saturated carbocycles. The van der Waals surface area contributed by atoms with Gasteiger partial charge >= 0.3 is 12.1 Å². The van der Waals surface area contributed by atoms with Crippen LogP contribution in [0.15, 0.2) is 66.7 Å². The van der Waals surface area contributed by atoms with Crippen LogP contribution >= 0.6 is 11.3 Å². The first-order valence-electron chi connectivity index (χ1n) is 12.5. The molecule has 1 amide bonds. The van der Waals surface area contributed by atoms with Crippen LogP contribution in [0.4, 0.5) is 9.93 Å². The van der Waals surface area contributed by atoms with E-state index in [0.29, 0.717) is 36.0 Å². The molecular formula is C29H31N3O7S. The number of hydrogen-bond donors (Lipinski definition) is 1. The van der Waals surface area contributed by atoms with Crippen molar-refractivity contribution in [1.82, 2.24) is 9.88 Å². The number of benzene rings is 3. The van der Waals surface area contributed by atoms with Crippen LogP contribution < -0.4 is 23.8 Å². The Morgan fingerprint density at radius 2 is 1.70 bits per heavy atom. The van der Waals surface area contributed by atoms with E-state index in [2.05, 4.69) is 4.98 Å². The normalized spacial score (nSPS) is 11.5. The van der Waals surface area contributed by atoms with Gasteiger partial charge in [-0.15, -0.1) is 0 Å².